The van der Waals surface area contributed by atoms with Gasteiger partial charge in [0.1, 0.15) is 6.42 Å². The number of ether oxygens (including phenoxy) is 2. The SMILES string of the molecule is COC(=O)CC(=O)Nc1c(C(=O)OC)cc(C)nc1C1CC1. The number of carbonyl (C=O) groups is 3. The molecular weight excluding hydrogens is 288 g/mol. The van der Waals surface area contributed by atoms with Crippen molar-refractivity contribution in [2.75, 3.05) is 19.5 Å². The van der Waals surface area contributed by atoms with Crippen molar-refractivity contribution in [3.05, 3.63) is 23.0 Å². The van der Waals surface area contributed by atoms with Crippen LogP contribution in [-0.2, 0) is 19.1 Å². The van der Waals surface area contributed by atoms with E-state index in [2.05, 4.69) is 15.0 Å². The maximum atomic E-state index is 11.9. The lowest BCUT2D eigenvalue weighted by molar-refractivity contribution is -0.142. The zero-order chi connectivity index (χ0) is 16.3. The second-order valence-corrected chi connectivity index (χ2v) is 5.14. The van der Waals surface area contributed by atoms with E-state index in [1.54, 1.807) is 13.0 Å². The summed E-state index contributed by atoms with van der Waals surface area (Å²) in [6.45, 7) is 1.78. The monoisotopic (exact) mass is 306 g/mol. The average molecular weight is 306 g/mol. The van der Waals surface area contributed by atoms with Gasteiger partial charge in [-0.3, -0.25) is 14.6 Å². The van der Waals surface area contributed by atoms with Crippen molar-refractivity contribution in [3.63, 3.8) is 0 Å². The van der Waals surface area contributed by atoms with E-state index in [4.69, 9.17) is 4.74 Å². The molecule has 7 nitrogen and oxygen atoms in total. The Bertz CT molecular complexity index is 623. The van der Waals surface area contributed by atoms with Gasteiger partial charge in [0.2, 0.25) is 5.91 Å². The molecule has 1 heterocycles. The van der Waals surface area contributed by atoms with Crippen LogP contribution in [0.3, 0.4) is 0 Å². The van der Waals surface area contributed by atoms with Gasteiger partial charge in [-0.05, 0) is 25.8 Å². The quantitative estimate of drug-likeness (QED) is 0.655. The fourth-order valence-corrected chi connectivity index (χ4v) is 2.14. The molecule has 0 unspecified atom stereocenters. The Hall–Kier alpha value is -2.44. The molecule has 1 fully saturated rings. The lowest BCUT2D eigenvalue weighted by Crippen LogP contribution is -2.21. The first-order chi connectivity index (χ1) is 10.5. The van der Waals surface area contributed by atoms with Gasteiger partial charge >= 0.3 is 11.9 Å². The van der Waals surface area contributed by atoms with E-state index in [9.17, 15) is 14.4 Å². The molecule has 1 amide bonds. The Morgan fingerprint density at radius 2 is 1.95 bits per heavy atom. The lowest BCUT2D eigenvalue weighted by atomic mass is 10.1. The number of carbonyl (C=O) groups excluding carboxylic acids is 3. The van der Waals surface area contributed by atoms with Crippen molar-refractivity contribution in [1.82, 2.24) is 4.98 Å². The van der Waals surface area contributed by atoms with E-state index in [0.717, 1.165) is 12.8 Å². The van der Waals surface area contributed by atoms with Crippen LogP contribution in [0.15, 0.2) is 6.07 Å². The van der Waals surface area contributed by atoms with Crippen LogP contribution in [0.1, 0.15) is 46.9 Å². The molecule has 0 aliphatic heterocycles. The van der Waals surface area contributed by atoms with Gasteiger partial charge in [0.25, 0.3) is 0 Å². The van der Waals surface area contributed by atoms with Crippen LogP contribution in [0.2, 0.25) is 0 Å². The first-order valence-electron chi connectivity index (χ1n) is 6.92. The Morgan fingerprint density at radius 1 is 1.27 bits per heavy atom. The molecule has 0 saturated heterocycles. The molecule has 0 spiro atoms. The molecule has 1 saturated carbocycles. The molecule has 0 radical (unpaired) electrons. The Balaban J connectivity index is 2.36. The summed E-state index contributed by atoms with van der Waals surface area (Å²) in [4.78, 5) is 39.5. The number of anilines is 1. The standard InChI is InChI=1S/C15H18N2O5/c1-8-6-10(15(20)22-3)14(13(16-8)9-4-5-9)17-11(18)7-12(19)21-2/h6,9H,4-5,7H2,1-3H3,(H,17,18). The molecule has 1 aliphatic rings. The van der Waals surface area contributed by atoms with Crippen LogP contribution in [0.4, 0.5) is 5.69 Å². The van der Waals surface area contributed by atoms with Gasteiger partial charge in [0.05, 0.1) is 31.2 Å². The van der Waals surface area contributed by atoms with E-state index in [-0.39, 0.29) is 11.5 Å². The van der Waals surface area contributed by atoms with Crippen LogP contribution < -0.4 is 5.32 Å². The van der Waals surface area contributed by atoms with Crippen LogP contribution in [0.25, 0.3) is 0 Å². The third kappa shape index (κ3) is 3.60. The zero-order valence-electron chi connectivity index (χ0n) is 12.8. The topological polar surface area (TPSA) is 94.6 Å². The van der Waals surface area contributed by atoms with Crippen LogP contribution >= 0.6 is 0 Å². The number of aromatic nitrogens is 1. The van der Waals surface area contributed by atoms with E-state index >= 15 is 0 Å². The molecule has 0 atom stereocenters. The fraction of sp³-hybridized carbons (Fsp3) is 0.467. The summed E-state index contributed by atoms with van der Waals surface area (Å²) in [5.74, 6) is -1.53. The van der Waals surface area contributed by atoms with Crippen molar-refractivity contribution in [1.29, 1.82) is 0 Å². The predicted molar refractivity (Wildman–Crippen MR) is 77.6 cm³/mol. The summed E-state index contributed by atoms with van der Waals surface area (Å²) >= 11 is 0. The second-order valence-electron chi connectivity index (χ2n) is 5.14. The number of hydrogen-bond acceptors (Lipinski definition) is 6. The number of hydrogen-bond donors (Lipinski definition) is 1. The van der Waals surface area contributed by atoms with Gasteiger partial charge in [0, 0.05) is 11.6 Å². The second kappa shape index (κ2) is 6.55. The first kappa shape index (κ1) is 15.9. The van der Waals surface area contributed by atoms with Gasteiger partial charge in [-0.2, -0.15) is 0 Å². The smallest absolute Gasteiger partial charge is 0.340 e. The summed E-state index contributed by atoms with van der Waals surface area (Å²) in [5, 5.41) is 2.61. The van der Waals surface area contributed by atoms with Gasteiger partial charge < -0.3 is 14.8 Å². The van der Waals surface area contributed by atoms with Gasteiger partial charge in [0.15, 0.2) is 0 Å². The molecular formula is C15H18N2O5. The highest BCUT2D eigenvalue weighted by Gasteiger charge is 2.31. The molecule has 0 aromatic carbocycles. The first-order valence-corrected chi connectivity index (χ1v) is 6.92. The molecule has 0 bridgehead atoms. The van der Waals surface area contributed by atoms with E-state index < -0.39 is 24.3 Å². The van der Waals surface area contributed by atoms with Crippen molar-refractivity contribution in [2.45, 2.75) is 32.1 Å². The third-order valence-corrected chi connectivity index (χ3v) is 3.34. The van der Waals surface area contributed by atoms with Crippen molar-refractivity contribution >= 4 is 23.5 Å². The Morgan fingerprint density at radius 3 is 2.50 bits per heavy atom. The highest BCUT2D eigenvalue weighted by Crippen LogP contribution is 2.43. The molecule has 1 aliphatic carbocycles. The summed E-state index contributed by atoms with van der Waals surface area (Å²) in [5.41, 5.74) is 1.91. The molecule has 1 N–H and O–H groups in total. The number of aryl methyl sites for hydroxylation is 1. The van der Waals surface area contributed by atoms with Crippen molar-refractivity contribution in [2.24, 2.45) is 0 Å². The maximum absolute atomic E-state index is 11.9. The van der Waals surface area contributed by atoms with E-state index in [1.165, 1.54) is 14.2 Å². The fourth-order valence-electron chi connectivity index (χ4n) is 2.14. The molecule has 2 rings (SSSR count). The van der Waals surface area contributed by atoms with Crippen LogP contribution in [0, 0.1) is 6.92 Å². The highest BCUT2D eigenvalue weighted by atomic mass is 16.5. The number of methoxy groups -OCH3 is 2. The minimum Gasteiger partial charge on any atom is -0.469 e. The highest BCUT2D eigenvalue weighted by molar-refractivity contribution is 6.06. The van der Waals surface area contributed by atoms with Crippen LogP contribution in [-0.4, -0.2) is 37.0 Å². The summed E-state index contributed by atoms with van der Waals surface area (Å²) in [7, 11) is 2.48. The molecule has 7 heteroatoms. The summed E-state index contributed by atoms with van der Waals surface area (Å²) < 4.78 is 9.22. The number of amides is 1. The van der Waals surface area contributed by atoms with Crippen LogP contribution in [0.5, 0.6) is 0 Å². The Kier molecular flexibility index (Phi) is 4.75. The molecule has 118 valence electrons. The average Bonchev–Trinajstić information content (AvgIpc) is 3.32. The molecule has 22 heavy (non-hydrogen) atoms. The summed E-state index contributed by atoms with van der Waals surface area (Å²) in [6, 6.07) is 1.56. The minimum absolute atomic E-state index is 0.219. The third-order valence-electron chi connectivity index (χ3n) is 3.34. The number of pyridine rings is 1. The minimum atomic E-state index is -0.648. The number of rotatable bonds is 5. The predicted octanol–water partition coefficient (Wildman–Crippen LogP) is 1.56. The molecule has 1 aromatic heterocycles. The van der Waals surface area contributed by atoms with Gasteiger partial charge in [-0.15, -0.1) is 0 Å². The van der Waals surface area contributed by atoms with Crippen molar-refractivity contribution < 1.29 is 23.9 Å². The number of nitrogens with zero attached hydrogens (tertiary/aromatic N) is 1. The summed E-state index contributed by atoms with van der Waals surface area (Å²) in [6.07, 6.45) is 1.49. The number of esters is 2. The molecule has 1 aromatic rings. The lowest BCUT2D eigenvalue weighted by Gasteiger charge is -2.14. The maximum Gasteiger partial charge on any atom is 0.340 e. The normalized spacial score (nSPS) is 13.4. The van der Waals surface area contributed by atoms with Gasteiger partial charge in [-0.25, -0.2) is 4.79 Å². The van der Waals surface area contributed by atoms with E-state index in [0.29, 0.717) is 17.1 Å². The number of nitrogens with one attached hydrogen (secondary N) is 1. The van der Waals surface area contributed by atoms with Crippen molar-refractivity contribution in [3.8, 4) is 0 Å². The Labute approximate surface area is 128 Å². The largest absolute Gasteiger partial charge is 0.469 e. The zero-order valence-corrected chi connectivity index (χ0v) is 12.8. The van der Waals surface area contributed by atoms with E-state index in [1.807, 2.05) is 0 Å². The van der Waals surface area contributed by atoms with Gasteiger partial charge in [-0.1, -0.05) is 0 Å².